The zero-order chi connectivity index (χ0) is 12.4. The van der Waals surface area contributed by atoms with Gasteiger partial charge < -0.3 is 10.2 Å². The van der Waals surface area contributed by atoms with Crippen molar-refractivity contribution in [3.63, 3.8) is 0 Å². The molecular formula is C11H10N2O4. The average Bonchev–Trinajstić information content (AvgIpc) is 2.75. The lowest BCUT2D eigenvalue weighted by Crippen LogP contribution is -2.34. The van der Waals surface area contributed by atoms with Crippen LogP contribution >= 0.6 is 0 Å². The van der Waals surface area contributed by atoms with Gasteiger partial charge in [-0.3, -0.25) is 5.01 Å². The van der Waals surface area contributed by atoms with E-state index in [-0.39, 0.29) is 12.1 Å². The van der Waals surface area contributed by atoms with Crippen LogP contribution in [0.3, 0.4) is 0 Å². The topological polar surface area (TPSA) is 90.2 Å². The van der Waals surface area contributed by atoms with Crippen LogP contribution in [0.15, 0.2) is 35.4 Å². The molecule has 1 aromatic rings. The van der Waals surface area contributed by atoms with Gasteiger partial charge in [0.1, 0.15) is 5.71 Å². The zero-order valence-corrected chi connectivity index (χ0v) is 8.78. The van der Waals surface area contributed by atoms with E-state index in [1.807, 2.05) is 0 Å². The molecule has 17 heavy (non-hydrogen) atoms. The summed E-state index contributed by atoms with van der Waals surface area (Å²) in [7, 11) is 0. The highest BCUT2D eigenvalue weighted by Crippen LogP contribution is 2.24. The van der Waals surface area contributed by atoms with Crippen molar-refractivity contribution in [2.75, 3.05) is 5.01 Å². The molecule has 0 amide bonds. The molecule has 0 radical (unpaired) electrons. The van der Waals surface area contributed by atoms with Gasteiger partial charge in [0, 0.05) is 6.42 Å². The summed E-state index contributed by atoms with van der Waals surface area (Å²) in [5.41, 5.74) is 0.428. The molecule has 2 N–H and O–H groups in total. The first-order valence-electron chi connectivity index (χ1n) is 4.97. The highest BCUT2D eigenvalue weighted by atomic mass is 16.4. The van der Waals surface area contributed by atoms with Gasteiger partial charge in [-0.1, -0.05) is 18.2 Å². The quantitative estimate of drug-likeness (QED) is 0.806. The van der Waals surface area contributed by atoms with Gasteiger partial charge in [0.15, 0.2) is 6.04 Å². The first kappa shape index (κ1) is 11.1. The second-order valence-electron chi connectivity index (χ2n) is 3.59. The minimum absolute atomic E-state index is 0.0977. The molecule has 0 saturated carbocycles. The predicted octanol–water partition coefficient (Wildman–Crippen LogP) is 0.791. The van der Waals surface area contributed by atoms with Crippen molar-refractivity contribution in [2.45, 2.75) is 12.5 Å². The zero-order valence-electron chi connectivity index (χ0n) is 8.78. The van der Waals surface area contributed by atoms with Crippen LogP contribution < -0.4 is 5.01 Å². The number of hydrazone groups is 1. The van der Waals surface area contributed by atoms with Crippen LogP contribution in [0.2, 0.25) is 0 Å². The van der Waals surface area contributed by atoms with Crippen LogP contribution in [0.1, 0.15) is 6.42 Å². The van der Waals surface area contributed by atoms with Crippen molar-refractivity contribution in [3.8, 4) is 0 Å². The molecule has 6 heteroatoms. The fourth-order valence-electron chi connectivity index (χ4n) is 1.65. The van der Waals surface area contributed by atoms with Crippen LogP contribution in [-0.2, 0) is 9.59 Å². The van der Waals surface area contributed by atoms with Gasteiger partial charge in [-0.15, -0.1) is 0 Å². The number of carbonyl (C=O) groups is 2. The SMILES string of the molecule is O=C(O)C1=NN(c2ccccc2)[C@@H](C(=O)O)C1. The summed E-state index contributed by atoms with van der Waals surface area (Å²) < 4.78 is 0. The van der Waals surface area contributed by atoms with Crippen molar-refractivity contribution in [1.29, 1.82) is 0 Å². The third-order valence-corrected chi connectivity index (χ3v) is 2.46. The van der Waals surface area contributed by atoms with Gasteiger partial charge in [-0.05, 0) is 12.1 Å². The Morgan fingerprint density at radius 1 is 1.24 bits per heavy atom. The Labute approximate surface area is 96.8 Å². The van der Waals surface area contributed by atoms with Crippen molar-refractivity contribution >= 4 is 23.3 Å². The third-order valence-electron chi connectivity index (χ3n) is 2.46. The van der Waals surface area contributed by atoms with Gasteiger partial charge in [0.25, 0.3) is 0 Å². The summed E-state index contributed by atoms with van der Waals surface area (Å²) in [4.78, 5) is 21.8. The summed E-state index contributed by atoms with van der Waals surface area (Å²) in [6.45, 7) is 0. The normalized spacial score (nSPS) is 18.9. The molecular weight excluding hydrogens is 224 g/mol. The number of para-hydroxylation sites is 1. The third kappa shape index (κ3) is 2.10. The van der Waals surface area contributed by atoms with E-state index in [1.165, 1.54) is 5.01 Å². The number of aliphatic carboxylic acids is 2. The second-order valence-corrected chi connectivity index (χ2v) is 3.59. The molecule has 1 atom stereocenters. The first-order valence-corrected chi connectivity index (χ1v) is 4.97. The maximum Gasteiger partial charge on any atom is 0.352 e. The number of hydrogen-bond donors (Lipinski definition) is 2. The minimum atomic E-state index is -1.19. The van der Waals surface area contributed by atoms with Crippen LogP contribution in [0.5, 0.6) is 0 Å². The maximum absolute atomic E-state index is 11.0. The molecule has 0 aliphatic carbocycles. The van der Waals surface area contributed by atoms with E-state index in [2.05, 4.69) is 5.10 Å². The molecule has 0 unspecified atom stereocenters. The van der Waals surface area contributed by atoms with E-state index in [1.54, 1.807) is 30.3 Å². The molecule has 0 spiro atoms. The smallest absolute Gasteiger partial charge is 0.352 e. The molecule has 0 aromatic heterocycles. The molecule has 0 fully saturated rings. The minimum Gasteiger partial charge on any atom is -0.480 e. The summed E-state index contributed by atoms with van der Waals surface area (Å²) >= 11 is 0. The van der Waals surface area contributed by atoms with Crippen molar-refractivity contribution in [1.82, 2.24) is 0 Å². The molecule has 1 heterocycles. The Kier molecular flexibility index (Phi) is 2.78. The van der Waals surface area contributed by atoms with Crippen molar-refractivity contribution in [3.05, 3.63) is 30.3 Å². The number of anilines is 1. The van der Waals surface area contributed by atoms with E-state index in [0.29, 0.717) is 5.69 Å². The second kappa shape index (κ2) is 4.25. The Balaban J connectivity index is 2.35. The number of hydrogen-bond acceptors (Lipinski definition) is 4. The largest absolute Gasteiger partial charge is 0.480 e. The van der Waals surface area contributed by atoms with E-state index in [9.17, 15) is 9.59 Å². The lowest BCUT2D eigenvalue weighted by atomic mass is 10.1. The monoisotopic (exact) mass is 234 g/mol. The fourth-order valence-corrected chi connectivity index (χ4v) is 1.65. The Morgan fingerprint density at radius 2 is 1.88 bits per heavy atom. The molecule has 1 aliphatic rings. The number of carboxylic acid groups (broad SMARTS) is 2. The van der Waals surface area contributed by atoms with E-state index in [0.717, 1.165) is 0 Å². The van der Waals surface area contributed by atoms with Gasteiger partial charge in [-0.2, -0.15) is 5.10 Å². The summed E-state index contributed by atoms with van der Waals surface area (Å²) in [6.07, 6.45) is -0.0977. The number of carboxylic acids is 2. The number of benzene rings is 1. The highest BCUT2D eigenvalue weighted by Gasteiger charge is 2.35. The molecule has 2 rings (SSSR count). The Bertz CT molecular complexity index is 484. The summed E-state index contributed by atoms with van der Waals surface area (Å²) in [6, 6.07) is 7.68. The van der Waals surface area contributed by atoms with E-state index >= 15 is 0 Å². The molecule has 88 valence electrons. The molecule has 1 aromatic carbocycles. The Hall–Kier alpha value is -2.37. The standard InChI is InChI=1S/C11H10N2O4/c14-10(15)8-6-9(11(16)17)13(12-8)7-4-2-1-3-5-7/h1-5,9H,6H2,(H,14,15)(H,16,17)/t9-/m1/s1. The van der Waals surface area contributed by atoms with Crippen molar-refractivity contribution < 1.29 is 19.8 Å². The first-order chi connectivity index (χ1) is 8.09. The van der Waals surface area contributed by atoms with Crippen molar-refractivity contribution in [2.24, 2.45) is 5.10 Å². The number of nitrogens with zero attached hydrogens (tertiary/aromatic N) is 2. The van der Waals surface area contributed by atoms with Crippen LogP contribution in [-0.4, -0.2) is 33.9 Å². The summed E-state index contributed by atoms with van der Waals surface area (Å²) in [5.74, 6) is -2.27. The van der Waals surface area contributed by atoms with E-state index < -0.39 is 18.0 Å². The van der Waals surface area contributed by atoms with Crippen LogP contribution in [0.4, 0.5) is 5.69 Å². The molecule has 1 aliphatic heterocycles. The van der Waals surface area contributed by atoms with Crippen LogP contribution in [0, 0.1) is 0 Å². The fraction of sp³-hybridized carbons (Fsp3) is 0.182. The highest BCUT2D eigenvalue weighted by molar-refractivity contribution is 6.37. The lowest BCUT2D eigenvalue weighted by molar-refractivity contribution is -0.138. The van der Waals surface area contributed by atoms with Gasteiger partial charge in [-0.25, -0.2) is 9.59 Å². The van der Waals surface area contributed by atoms with Crippen LogP contribution in [0.25, 0.3) is 0 Å². The molecule has 0 saturated heterocycles. The number of rotatable bonds is 3. The molecule has 6 nitrogen and oxygen atoms in total. The lowest BCUT2D eigenvalue weighted by Gasteiger charge is -2.19. The van der Waals surface area contributed by atoms with Gasteiger partial charge >= 0.3 is 11.9 Å². The van der Waals surface area contributed by atoms with Gasteiger partial charge in [0.05, 0.1) is 5.69 Å². The summed E-state index contributed by atoms with van der Waals surface area (Å²) in [5, 5.41) is 22.9. The predicted molar refractivity (Wildman–Crippen MR) is 60.0 cm³/mol. The van der Waals surface area contributed by atoms with E-state index in [4.69, 9.17) is 10.2 Å². The average molecular weight is 234 g/mol. The van der Waals surface area contributed by atoms with Gasteiger partial charge in [0.2, 0.25) is 0 Å². The molecule has 0 bridgehead atoms. The Morgan fingerprint density at radius 3 is 2.41 bits per heavy atom. The maximum atomic E-state index is 11.0.